The molecule has 3 aliphatic carbocycles. The molecular weight excluding hydrogens is 279 g/mol. The fraction of sp³-hybridized carbons (Fsp3) is 0.562. The van der Waals surface area contributed by atoms with Gasteiger partial charge in [0.05, 0.1) is 5.56 Å². The van der Waals surface area contributed by atoms with E-state index < -0.39 is 11.7 Å². The Kier molecular flexibility index (Phi) is 2.66. The first-order chi connectivity index (χ1) is 9.95. The van der Waals surface area contributed by atoms with Crippen molar-refractivity contribution in [2.45, 2.75) is 25.4 Å². The van der Waals surface area contributed by atoms with E-state index in [9.17, 15) is 18.0 Å². The van der Waals surface area contributed by atoms with Gasteiger partial charge in [-0.05, 0) is 61.1 Å². The minimum Gasteiger partial charge on any atom is -0.326 e. The molecule has 0 unspecified atom stereocenters. The number of fused-ring (bicyclic) bond motifs is 5. The zero-order valence-electron chi connectivity index (χ0n) is 11.4. The molecule has 5 heteroatoms. The van der Waals surface area contributed by atoms with Crippen LogP contribution >= 0.6 is 0 Å². The standard InChI is InChI=1S/C16H16F3NO/c17-16(18,19)10-2-1-3-11(7-10)20-15(21)14-12-8-4-5-9(6-8)13(12)14/h1-3,7-9,12-14H,4-6H2,(H,20,21)/t8-,9-,12-,13-/m1/s1. The quantitative estimate of drug-likeness (QED) is 0.880. The van der Waals surface area contributed by atoms with Gasteiger partial charge >= 0.3 is 6.18 Å². The van der Waals surface area contributed by atoms with Crippen molar-refractivity contribution in [2.24, 2.45) is 29.6 Å². The summed E-state index contributed by atoms with van der Waals surface area (Å²) in [5.41, 5.74) is -0.483. The van der Waals surface area contributed by atoms with E-state index >= 15 is 0 Å². The van der Waals surface area contributed by atoms with E-state index in [4.69, 9.17) is 0 Å². The second kappa shape index (κ2) is 4.24. The zero-order chi connectivity index (χ0) is 14.8. The molecular formula is C16H16F3NO. The summed E-state index contributed by atoms with van der Waals surface area (Å²) >= 11 is 0. The summed E-state index contributed by atoms with van der Waals surface area (Å²) in [4.78, 5) is 12.3. The normalized spacial score (nSPS) is 36.4. The molecule has 2 bridgehead atoms. The Balaban J connectivity index is 1.46. The highest BCUT2D eigenvalue weighted by molar-refractivity contribution is 5.95. The predicted octanol–water partition coefficient (Wildman–Crippen LogP) is 3.94. The van der Waals surface area contributed by atoms with Gasteiger partial charge in [0, 0.05) is 11.6 Å². The van der Waals surface area contributed by atoms with Crippen LogP contribution < -0.4 is 5.32 Å². The van der Waals surface area contributed by atoms with Gasteiger partial charge in [0.25, 0.3) is 0 Å². The number of amides is 1. The average molecular weight is 295 g/mol. The molecule has 112 valence electrons. The first-order valence-electron chi connectivity index (χ1n) is 7.43. The van der Waals surface area contributed by atoms with Crippen molar-refractivity contribution < 1.29 is 18.0 Å². The van der Waals surface area contributed by atoms with Crippen molar-refractivity contribution in [3.8, 4) is 0 Å². The number of halogens is 3. The number of anilines is 1. The molecule has 3 aliphatic rings. The molecule has 3 saturated carbocycles. The van der Waals surface area contributed by atoms with Crippen molar-refractivity contribution >= 4 is 11.6 Å². The smallest absolute Gasteiger partial charge is 0.326 e. The molecule has 0 saturated heterocycles. The van der Waals surface area contributed by atoms with E-state index in [1.807, 2.05) is 0 Å². The summed E-state index contributed by atoms with van der Waals surface area (Å²) in [7, 11) is 0. The second-order valence-electron chi connectivity index (χ2n) is 6.58. The maximum atomic E-state index is 12.7. The molecule has 1 amide bonds. The van der Waals surface area contributed by atoms with Crippen LogP contribution in [0.1, 0.15) is 24.8 Å². The van der Waals surface area contributed by atoms with E-state index in [1.165, 1.54) is 31.4 Å². The van der Waals surface area contributed by atoms with Gasteiger partial charge in [-0.25, -0.2) is 0 Å². The lowest BCUT2D eigenvalue weighted by Gasteiger charge is -2.11. The molecule has 4 atom stereocenters. The second-order valence-corrected chi connectivity index (χ2v) is 6.58. The Bertz CT molecular complexity index is 581. The summed E-state index contributed by atoms with van der Waals surface area (Å²) in [6, 6.07) is 4.86. The Morgan fingerprint density at radius 1 is 1.14 bits per heavy atom. The van der Waals surface area contributed by atoms with Gasteiger partial charge in [0.2, 0.25) is 5.91 Å². The molecule has 21 heavy (non-hydrogen) atoms. The molecule has 0 aliphatic heterocycles. The summed E-state index contributed by atoms with van der Waals surface area (Å²) in [6.07, 6.45) is -0.684. The van der Waals surface area contributed by atoms with E-state index in [0.717, 1.165) is 12.1 Å². The minimum absolute atomic E-state index is 0.0331. The Hall–Kier alpha value is -1.52. The lowest BCUT2D eigenvalue weighted by molar-refractivity contribution is -0.137. The fourth-order valence-corrected chi connectivity index (χ4v) is 4.67. The van der Waals surface area contributed by atoms with Gasteiger partial charge in [0.1, 0.15) is 0 Å². The number of hydrogen-bond donors (Lipinski definition) is 1. The van der Waals surface area contributed by atoms with Crippen LogP contribution in [0, 0.1) is 29.6 Å². The van der Waals surface area contributed by atoms with E-state index in [1.54, 1.807) is 0 Å². The highest BCUT2D eigenvalue weighted by atomic mass is 19.4. The monoisotopic (exact) mass is 295 g/mol. The van der Waals surface area contributed by atoms with E-state index in [2.05, 4.69) is 5.32 Å². The third kappa shape index (κ3) is 2.05. The summed E-state index contributed by atoms with van der Waals surface area (Å²) in [5.74, 6) is 2.28. The molecule has 1 aromatic carbocycles. The molecule has 2 nitrogen and oxygen atoms in total. The van der Waals surface area contributed by atoms with Crippen LogP contribution in [0.25, 0.3) is 0 Å². The van der Waals surface area contributed by atoms with Gasteiger partial charge < -0.3 is 5.32 Å². The van der Waals surface area contributed by atoms with Crippen LogP contribution in [-0.2, 0) is 11.0 Å². The topological polar surface area (TPSA) is 29.1 Å². The lowest BCUT2D eigenvalue weighted by atomic mass is 10.0. The Morgan fingerprint density at radius 3 is 2.43 bits per heavy atom. The number of benzene rings is 1. The molecule has 4 rings (SSSR count). The fourth-order valence-electron chi connectivity index (χ4n) is 4.67. The van der Waals surface area contributed by atoms with Crippen molar-refractivity contribution in [3.05, 3.63) is 29.8 Å². The highest BCUT2D eigenvalue weighted by Crippen LogP contribution is 2.69. The minimum atomic E-state index is -4.38. The van der Waals surface area contributed by atoms with Crippen molar-refractivity contribution in [2.75, 3.05) is 5.32 Å². The van der Waals surface area contributed by atoms with Crippen molar-refractivity contribution in [1.29, 1.82) is 0 Å². The van der Waals surface area contributed by atoms with Crippen LogP contribution in [-0.4, -0.2) is 5.91 Å². The highest BCUT2D eigenvalue weighted by Gasteiger charge is 2.67. The number of rotatable bonds is 2. The van der Waals surface area contributed by atoms with E-state index in [-0.39, 0.29) is 17.5 Å². The van der Waals surface area contributed by atoms with Gasteiger partial charge in [-0.15, -0.1) is 0 Å². The number of alkyl halides is 3. The number of hydrogen-bond acceptors (Lipinski definition) is 1. The van der Waals surface area contributed by atoms with Crippen molar-refractivity contribution in [3.63, 3.8) is 0 Å². The van der Waals surface area contributed by atoms with Gasteiger partial charge in [0.15, 0.2) is 0 Å². The number of nitrogens with one attached hydrogen (secondary N) is 1. The largest absolute Gasteiger partial charge is 0.416 e. The molecule has 0 spiro atoms. The SMILES string of the molecule is O=C(Nc1cccc(C(F)(F)F)c1)C1[C@@H]2[C@@H]3CC[C@H](C3)[C@@H]12. The van der Waals surface area contributed by atoms with Gasteiger partial charge in [-0.2, -0.15) is 13.2 Å². The third-order valence-corrected chi connectivity index (χ3v) is 5.50. The first-order valence-corrected chi connectivity index (χ1v) is 7.43. The van der Waals surface area contributed by atoms with Gasteiger partial charge in [-0.1, -0.05) is 6.07 Å². The first kappa shape index (κ1) is 13.2. The molecule has 1 aromatic rings. The predicted molar refractivity (Wildman–Crippen MR) is 71.4 cm³/mol. The molecule has 0 heterocycles. The molecule has 3 fully saturated rings. The lowest BCUT2D eigenvalue weighted by Crippen LogP contribution is -2.19. The Labute approximate surface area is 120 Å². The van der Waals surface area contributed by atoms with Crippen LogP contribution in [0.5, 0.6) is 0 Å². The maximum Gasteiger partial charge on any atom is 0.416 e. The number of carbonyl (C=O) groups is 1. The average Bonchev–Trinajstić information content (AvgIpc) is 2.87. The summed E-state index contributed by atoms with van der Waals surface area (Å²) < 4.78 is 38.0. The molecule has 1 N–H and O–H groups in total. The third-order valence-electron chi connectivity index (χ3n) is 5.50. The van der Waals surface area contributed by atoms with E-state index in [0.29, 0.717) is 23.7 Å². The van der Waals surface area contributed by atoms with Crippen LogP contribution in [0.3, 0.4) is 0 Å². The number of carbonyl (C=O) groups excluding carboxylic acids is 1. The summed E-state index contributed by atoms with van der Waals surface area (Å²) in [5, 5.41) is 2.67. The summed E-state index contributed by atoms with van der Waals surface area (Å²) in [6.45, 7) is 0. The zero-order valence-corrected chi connectivity index (χ0v) is 11.4. The van der Waals surface area contributed by atoms with Crippen LogP contribution in [0.2, 0.25) is 0 Å². The molecule has 0 aromatic heterocycles. The Morgan fingerprint density at radius 2 is 1.81 bits per heavy atom. The maximum absolute atomic E-state index is 12.7. The van der Waals surface area contributed by atoms with Crippen LogP contribution in [0.4, 0.5) is 18.9 Å². The van der Waals surface area contributed by atoms with Crippen molar-refractivity contribution in [1.82, 2.24) is 0 Å². The van der Waals surface area contributed by atoms with Crippen LogP contribution in [0.15, 0.2) is 24.3 Å². The molecule has 0 radical (unpaired) electrons. The van der Waals surface area contributed by atoms with Gasteiger partial charge in [-0.3, -0.25) is 4.79 Å².